The summed E-state index contributed by atoms with van der Waals surface area (Å²) in [6.45, 7) is 3.68. The molecule has 0 atom stereocenters. The number of carbonyl (C=O) groups excluding carboxylic acids is 1. The Morgan fingerprint density at radius 2 is 1.94 bits per heavy atom. The normalized spacial score (nSPS) is 16.8. The van der Waals surface area contributed by atoms with Gasteiger partial charge in [-0.25, -0.2) is 4.79 Å². The molecule has 0 saturated carbocycles. The number of amides is 1. The first-order valence-corrected chi connectivity index (χ1v) is 6.32. The third kappa shape index (κ3) is 5.46. The smallest absolute Gasteiger partial charge is 0.329 e. The minimum Gasteiger partial charge on any atom is -0.480 e. The quantitative estimate of drug-likeness (QED) is 0.674. The Morgan fingerprint density at radius 1 is 1.28 bits per heavy atom. The van der Waals surface area contributed by atoms with Crippen molar-refractivity contribution >= 4 is 11.9 Å². The van der Waals surface area contributed by atoms with E-state index < -0.39 is 5.97 Å². The van der Waals surface area contributed by atoms with Gasteiger partial charge in [0.15, 0.2) is 0 Å². The molecule has 0 aromatic rings. The molecule has 0 bridgehead atoms. The van der Waals surface area contributed by atoms with E-state index in [1.807, 2.05) is 6.92 Å². The van der Waals surface area contributed by atoms with Crippen molar-refractivity contribution in [1.82, 2.24) is 4.90 Å². The van der Waals surface area contributed by atoms with Gasteiger partial charge in [-0.1, -0.05) is 6.92 Å². The number of hydrogen-bond donors (Lipinski definition) is 1. The fourth-order valence-corrected chi connectivity index (χ4v) is 1.86. The Bertz CT molecular complexity index is 274. The highest BCUT2D eigenvalue weighted by atomic mass is 16.5. The second kappa shape index (κ2) is 8.05. The van der Waals surface area contributed by atoms with E-state index >= 15 is 0 Å². The molecule has 0 radical (unpaired) electrons. The van der Waals surface area contributed by atoms with Crippen LogP contribution in [0.5, 0.6) is 0 Å². The number of likely N-dealkylation sites (tertiary alicyclic amines) is 1. The summed E-state index contributed by atoms with van der Waals surface area (Å²) in [7, 11) is 0. The first kappa shape index (κ1) is 14.9. The molecule has 0 aromatic heterocycles. The van der Waals surface area contributed by atoms with Crippen LogP contribution in [0.15, 0.2) is 0 Å². The Balaban J connectivity index is 2.17. The van der Waals surface area contributed by atoms with Crippen molar-refractivity contribution in [2.45, 2.75) is 32.3 Å². The second-order valence-electron chi connectivity index (χ2n) is 4.34. The van der Waals surface area contributed by atoms with Gasteiger partial charge in [0.05, 0.1) is 6.10 Å². The van der Waals surface area contributed by atoms with E-state index in [0.29, 0.717) is 32.5 Å². The highest BCUT2D eigenvalue weighted by molar-refractivity contribution is 5.77. The summed E-state index contributed by atoms with van der Waals surface area (Å²) in [5, 5.41) is 8.50. The second-order valence-corrected chi connectivity index (χ2v) is 4.34. The fourth-order valence-electron chi connectivity index (χ4n) is 1.86. The zero-order chi connectivity index (χ0) is 13.4. The van der Waals surface area contributed by atoms with E-state index in [0.717, 1.165) is 6.42 Å². The average molecular weight is 259 g/mol. The molecule has 1 saturated heterocycles. The highest BCUT2D eigenvalue weighted by Gasteiger charge is 2.23. The molecule has 0 unspecified atom stereocenters. The van der Waals surface area contributed by atoms with Crippen LogP contribution in [-0.2, 0) is 19.1 Å². The van der Waals surface area contributed by atoms with Gasteiger partial charge in [-0.05, 0) is 19.3 Å². The lowest BCUT2D eigenvalue weighted by molar-refractivity contribution is -0.147. The van der Waals surface area contributed by atoms with Crippen molar-refractivity contribution < 1.29 is 24.2 Å². The molecule has 1 heterocycles. The molecular weight excluding hydrogens is 238 g/mol. The zero-order valence-electron chi connectivity index (χ0n) is 10.8. The standard InChI is InChI=1S/C12H21NO5/c1-2-7-17-8-11(14)13-5-3-10(4-6-13)18-9-12(15)16/h10H,2-9H2,1H3,(H,15,16). The van der Waals surface area contributed by atoms with E-state index in [1.54, 1.807) is 4.90 Å². The predicted molar refractivity (Wildman–Crippen MR) is 64.3 cm³/mol. The minimum atomic E-state index is -0.957. The van der Waals surface area contributed by atoms with E-state index in [-0.39, 0.29) is 25.2 Å². The number of piperidine rings is 1. The molecule has 1 N–H and O–H groups in total. The SMILES string of the molecule is CCCOCC(=O)N1CCC(OCC(=O)O)CC1. The molecule has 1 aliphatic rings. The third-order valence-electron chi connectivity index (χ3n) is 2.81. The molecule has 6 nitrogen and oxygen atoms in total. The lowest BCUT2D eigenvalue weighted by atomic mass is 10.1. The minimum absolute atomic E-state index is 0.000125. The molecule has 104 valence electrons. The van der Waals surface area contributed by atoms with Crippen LogP contribution < -0.4 is 0 Å². The van der Waals surface area contributed by atoms with Gasteiger partial charge in [0, 0.05) is 19.7 Å². The van der Waals surface area contributed by atoms with E-state index in [2.05, 4.69) is 0 Å². The van der Waals surface area contributed by atoms with Crippen LogP contribution in [0.1, 0.15) is 26.2 Å². The Kier molecular flexibility index (Phi) is 6.67. The first-order chi connectivity index (χ1) is 8.63. The van der Waals surface area contributed by atoms with Gasteiger partial charge in [0.25, 0.3) is 0 Å². The molecule has 1 rings (SSSR count). The summed E-state index contributed by atoms with van der Waals surface area (Å²) in [4.78, 5) is 23.8. The largest absolute Gasteiger partial charge is 0.480 e. The number of nitrogens with zero attached hydrogens (tertiary/aromatic N) is 1. The molecule has 0 aliphatic carbocycles. The van der Waals surface area contributed by atoms with E-state index in [9.17, 15) is 9.59 Å². The summed E-state index contributed by atoms with van der Waals surface area (Å²) in [6.07, 6.45) is 2.22. The number of carboxylic acid groups (broad SMARTS) is 1. The van der Waals surface area contributed by atoms with Crippen molar-refractivity contribution in [3.05, 3.63) is 0 Å². The molecule has 0 spiro atoms. The van der Waals surface area contributed by atoms with Gasteiger partial charge in [-0.15, -0.1) is 0 Å². The summed E-state index contributed by atoms with van der Waals surface area (Å²) < 4.78 is 10.4. The number of carboxylic acids is 1. The maximum atomic E-state index is 11.7. The van der Waals surface area contributed by atoms with Crippen molar-refractivity contribution in [1.29, 1.82) is 0 Å². The average Bonchev–Trinajstić information content (AvgIpc) is 2.37. The zero-order valence-corrected chi connectivity index (χ0v) is 10.8. The summed E-state index contributed by atoms with van der Waals surface area (Å²) in [5.41, 5.74) is 0. The number of rotatable bonds is 7. The topological polar surface area (TPSA) is 76.1 Å². The third-order valence-corrected chi connectivity index (χ3v) is 2.81. The van der Waals surface area contributed by atoms with Gasteiger partial charge >= 0.3 is 5.97 Å². The van der Waals surface area contributed by atoms with Gasteiger partial charge in [-0.2, -0.15) is 0 Å². The van der Waals surface area contributed by atoms with Gasteiger partial charge in [-0.3, -0.25) is 4.79 Å². The van der Waals surface area contributed by atoms with E-state index in [1.165, 1.54) is 0 Å². The Morgan fingerprint density at radius 3 is 2.50 bits per heavy atom. The highest BCUT2D eigenvalue weighted by Crippen LogP contribution is 2.13. The van der Waals surface area contributed by atoms with Crippen LogP contribution >= 0.6 is 0 Å². The van der Waals surface area contributed by atoms with Gasteiger partial charge in [0.2, 0.25) is 5.91 Å². The predicted octanol–water partition coefficient (Wildman–Crippen LogP) is 0.505. The number of hydrogen-bond acceptors (Lipinski definition) is 4. The first-order valence-electron chi connectivity index (χ1n) is 6.32. The molecule has 18 heavy (non-hydrogen) atoms. The Labute approximate surface area is 107 Å². The van der Waals surface area contributed by atoms with Crippen LogP contribution in [-0.4, -0.2) is 60.9 Å². The van der Waals surface area contributed by atoms with Gasteiger partial charge in [0.1, 0.15) is 13.2 Å². The fraction of sp³-hybridized carbons (Fsp3) is 0.833. The summed E-state index contributed by atoms with van der Waals surface area (Å²) in [6, 6.07) is 0. The molecule has 6 heteroatoms. The summed E-state index contributed by atoms with van der Waals surface area (Å²) in [5.74, 6) is -0.957. The van der Waals surface area contributed by atoms with Crippen LogP contribution in [0.3, 0.4) is 0 Å². The number of carbonyl (C=O) groups is 2. The van der Waals surface area contributed by atoms with Crippen molar-refractivity contribution in [2.75, 3.05) is 32.9 Å². The lowest BCUT2D eigenvalue weighted by Gasteiger charge is -2.31. The number of ether oxygens (including phenoxy) is 2. The Hall–Kier alpha value is -1.14. The molecular formula is C12H21NO5. The van der Waals surface area contributed by atoms with Crippen molar-refractivity contribution in [3.63, 3.8) is 0 Å². The monoisotopic (exact) mass is 259 g/mol. The molecule has 1 amide bonds. The maximum Gasteiger partial charge on any atom is 0.329 e. The number of aliphatic carboxylic acids is 1. The van der Waals surface area contributed by atoms with Gasteiger partial charge < -0.3 is 19.5 Å². The maximum absolute atomic E-state index is 11.7. The lowest BCUT2D eigenvalue weighted by Crippen LogP contribution is -2.42. The van der Waals surface area contributed by atoms with Crippen LogP contribution in [0.4, 0.5) is 0 Å². The summed E-state index contributed by atoms with van der Waals surface area (Å²) >= 11 is 0. The van der Waals surface area contributed by atoms with Crippen molar-refractivity contribution in [2.24, 2.45) is 0 Å². The van der Waals surface area contributed by atoms with Crippen LogP contribution in [0.2, 0.25) is 0 Å². The van der Waals surface area contributed by atoms with E-state index in [4.69, 9.17) is 14.6 Å². The molecule has 1 aliphatic heterocycles. The van der Waals surface area contributed by atoms with Crippen molar-refractivity contribution in [3.8, 4) is 0 Å². The van der Waals surface area contributed by atoms with Crippen LogP contribution in [0.25, 0.3) is 0 Å². The molecule has 0 aromatic carbocycles. The van der Waals surface area contributed by atoms with Crippen LogP contribution in [0, 0.1) is 0 Å². The molecule has 1 fully saturated rings.